The fourth-order valence-electron chi connectivity index (χ4n) is 1.70. The molecule has 0 aromatic heterocycles. The summed E-state index contributed by atoms with van der Waals surface area (Å²) in [6.07, 6.45) is -0.968. The van der Waals surface area contributed by atoms with E-state index in [1.165, 1.54) is 7.11 Å². The van der Waals surface area contributed by atoms with E-state index < -0.39 is 6.10 Å². The first-order valence-electron chi connectivity index (χ1n) is 6.39. The first-order chi connectivity index (χ1) is 9.15. The molecule has 1 aromatic rings. The Morgan fingerprint density at radius 1 is 1.32 bits per heavy atom. The van der Waals surface area contributed by atoms with Crippen molar-refractivity contribution in [2.24, 2.45) is 0 Å². The van der Waals surface area contributed by atoms with Crippen LogP contribution in [0.2, 0.25) is 0 Å². The van der Waals surface area contributed by atoms with Crippen molar-refractivity contribution in [3.63, 3.8) is 0 Å². The maximum atomic E-state index is 12.0. The van der Waals surface area contributed by atoms with E-state index in [-0.39, 0.29) is 12.0 Å². The van der Waals surface area contributed by atoms with Crippen molar-refractivity contribution in [1.82, 2.24) is 10.6 Å². The van der Waals surface area contributed by atoms with Crippen molar-refractivity contribution in [3.05, 3.63) is 35.9 Å². The fraction of sp³-hybridized carbons (Fsp3) is 0.500. The molecular formula is C14H22N2O3. The number of benzene rings is 1. The summed E-state index contributed by atoms with van der Waals surface area (Å²) in [6, 6.07) is 9.37. The van der Waals surface area contributed by atoms with E-state index in [0.717, 1.165) is 5.56 Å². The lowest BCUT2D eigenvalue weighted by Crippen LogP contribution is -2.37. The molecule has 0 bridgehead atoms. The maximum absolute atomic E-state index is 12.0. The molecule has 2 atom stereocenters. The van der Waals surface area contributed by atoms with Gasteiger partial charge in [-0.05, 0) is 12.5 Å². The van der Waals surface area contributed by atoms with Crippen LogP contribution < -0.4 is 10.6 Å². The summed E-state index contributed by atoms with van der Waals surface area (Å²) in [4.78, 5) is 12.0. The van der Waals surface area contributed by atoms with Crippen molar-refractivity contribution < 1.29 is 14.6 Å². The second-order valence-electron chi connectivity index (χ2n) is 4.37. The van der Waals surface area contributed by atoms with Gasteiger partial charge in [-0.2, -0.15) is 0 Å². The summed E-state index contributed by atoms with van der Waals surface area (Å²) in [5.41, 5.74) is 0.833. The molecule has 0 saturated heterocycles. The van der Waals surface area contributed by atoms with Gasteiger partial charge < -0.3 is 20.5 Å². The van der Waals surface area contributed by atoms with Crippen molar-refractivity contribution in [1.29, 1.82) is 0 Å². The van der Waals surface area contributed by atoms with Gasteiger partial charge in [0, 0.05) is 26.7 Å². The number of carbonyl (C=O) groups excluding carboxylic acids is 1. The standard InChI is InChI=1S/C14H22N2O3/c1-11(17)10-15-8-9-16-14(18)13(19-2)12-6-4-3-5-7-12/h3-7,11,13,15,17H,8-10H2,1-2H3,(H,16,18). The Labute approximate surface area is 114 Å². The van der Waals surface area contributed by atoms with Gasteiger partial charge in [-0.15, -0.1) is 0 Å². The summed E-state index contributed by atoms with van der Waals surface area (Å²) in [6.45, 7) is 3.34. The molecule has 0 radical (unpaired) electrons. The Balaban J connectivity index is 2.35. The van der Waals surface area contributed by atoms with Gasteiger partial charge in [0.2, 0.25) is 0 Å². The average Bonchev–Trinajstić information content (AvgIpc) is 2.40. The van der Waals surface area contributed by atoms with Crippen molar-refractivity contribution in [2.75, 3.05) is 26.7 Å². The van der Waals surface area contributed by atoms with Crippen LogP contribution in [0.15, 0.2) is 30.3 Å². The first-order valence-corrected chi connectivity index (χ1v) is 6.39. The number of aliphatic hydroxyl groups excluding tert-OH is 1. The van der Waals surface area contributed by atoms with Crippen LogP contribution in [-0.2, 0) is 9.53 Å². The predicted octanol–water partition coefficient (Wildman–Crippen LogP) is 0.461. The highest BCUT2D eigenvalue weighted by Crippen LogP contribution is 2.15. The highest BCUT2D eigenvalue weighted by Gasteiger charge is 2.18. The molecule has 3 N–H and O–H groups in total. The summed E-state index contributed by atoms with van der Waals surface area (Å²) in [5, 5.41) is 14.9. The lowest BCUT2D eigenvalue weighted by molar-refractivity contribution is -0.131. The van der Waals surface area contributed by atoms with Gasteiger partial charge in [0.15, 0.2) is 6.10 Å². The molecule has 0 fully saturated rings. The van der Waals surface area contributed by atoms with Gasteiger partial charge in [0.1, 0.15) is 0 Å². The van der Waals surface area contributed by atoms with Crippen LogP contribution >= 0.6 is 0 Å². The molecule has 19 heavy (non-hydrogen) atoms. The lowest BCUT2D eigenvalue weighted by Gasteiger charge is -2.16. The van der Waals surface area contributed by atoms with Crippen LogP contribution in [0, 0.1) is 0 Å². The SMILES string of the molecule is COC(C(=O)NCCNCC(C)O)c1ccccc1. The van der Waals surface area contributed by atoms with Crippen molar-refractivity contribution in [2.45, 2.75) is 19.1 Å². The summed E-state index contributed by atoms with van der Waals surface area (Å²) >= 11 is 0. The molecule has 5 heteroatoms. The van der Waals surface area contributed by atoms with E-state index in [2.05, 4.69) is 10.6 Å². The highest BCUT2D eigenvalue weighted by molar-refractivity contribution is 5.82. The van der Waals surface area contributed by atoms with Gasteiger partial charge in [-0.1, -0.05) is 30.3 Å². The van der Waals surface area contributed by atoms with Crippen molar-refractivity contribution >= 4 is 5.91 Å². The predicted molar refractivity (Wildman–Crippen MR) is 73.8 cm³/mol. The zero-order valence-electron chi connectivity index (χ0n) is 11.4. The Hall–Kier alpha value is -1.43. The molecule has 0 spiro atoms. The quantitative estimate of drug-likeness (QED) is 0.598. The highest BCUT2D eigenvalue weighted by atomic mass is 16.5. The smallest absolute Gasteiger partial charge is 0.253 e. The van der Waals surface area contributed by atoms with Gasteiger partial charge >= 0.3 is 0 Å². The number of hydrogen-bond donors (Lipinski definition) is 3. The minimum Gasteiger partial charge on any atom is -0.392 e. The number of amides is 1. The molecule has 0 aliphatic heterocycles. The number of nitrogens with one attached hydrogen (secondary N) is 2. The lowest BCUT2D eigenvalue weighted by atomic mass is 10.1. The third kappa shape index (κ3) is 5.83. The van der Waals surface area contributed by atoms with E-state index in [1.807, 2.05) is 30.3 Å². The van der Waals surface area contributed by atoms with E-state index in [9.17, 15) is 4.79 Å². The van der Waals surface area contributed by atoms with E-state index in [0.29, 0.717) is 19.6 Å². The van der Waals surface area contributed by atoms with Crippen LogP contribution in [0.3, 0.4) is 0 Å². The minimum atomic E-state index is -0.585. The van der Waals surface area contributed by atoms with E-state index >= 15 is 0 Å². The van der Waals surface area contributed by atoms with Gasteiger partial charge in [0.05, 0.1) is 6.10 Å². The van der Waals surface area contributed by atoms with Crippen LogP contribution in [-0.4, -0.2) is 43.9 Å². The second-order valence-corrected chi connectivity index (χ2v) is 4.37. The number of rotatable bonds is 8. The molecule has 5 nitrogen and oxygen atoms in total. The number of hydrogen-bond acceptors (Lipinski definition) is 4. The normalized spacial score (nSPS) is 13.8. The van der Waals surface area contributed by atoms with Gasteiger partial charge in [-0.25, -0.2) is 0 Å². The molecule has 106 valence electrons. The number of aliphatic hydroxyl groups is 1. The number of carbonyl (C=O) groups is 1. The van der Waals surface area contributed by atoms with Gasteiger partial charge in [-0.3, -0.25) is 4.79 Å². The molecular weight excluding hydrogens is 244 g/mol. The molecule has 1 aromatic carbocycles. The Kier molecular flexibility index (Phi) is 7.10. The van der Waals surface area contributed by atoms with Crippen LogP contribution in [0.1, 0.15) is 18.6 Å². The zero-order chi connectivity index (χ0) is 14.1. The summed E-state index contributed by atoms with van der Waals surface area (Å²) < 4.78 is 5.22. The Morgan fingerprint density at radius 3 is 2.58 bits per heavy atom. The van der Waals surface area contributed by atoms with E-state index in [4.69, 9.17) is 9.84 Å². The molecule has 0 saturated carbocycles. The van der Waals surface area contributed by atoms with Gasteiger partial charge in [0.25, 0.3) is 5.91 Å². The van der Waals surface area contributed by atoms with Crippen LogP contribution in [0.25, 0.3) is 0 Å². The molecule has 2 unspecified atom stereocenters. The van der Waals surface area contributed by atoms with Crippen LogP contribution in [0.4, 0.5) is 0 Å². The van der Waals surface area contributed by atoms with Crippen molar-refractivity contribution in [3.8, 4) is 0 Å². The summed E-state index contributed by atoms with van der Waals surface area (Å²) in [5.74, 6) is -0.160. The Bertz CT molecular complexity index is 368. The topological polar surface area (TPSA) is 70.6 Å². The molecule has 1 rings (SSSR count). The van der Waals surface area contributed by atoms with Crippen LogP contribution in [0.5, 0.6) is 0 Å². The molecule has 0 aliphatic carbocycles. The maximum Gasteiger partial charge on any atom is 0.253 e. The third-order valence-electron chi connectivity index (χ3n) is 2.62. The molecule has 0 heterocycles. The molecule has 1 amide bonds. The number of ether oxygens (including phenoxy) is 1. The monoisotopic (exact) mass is 266 g/mol. The first kappa shape index (κ1) is 15.6. The second kappa shape index (κ2) is 8.63. The van der Waals surface area contributed by atoms with E-state index in [1.54, 1.807) is 6.92 Å². The fourth-order valence-corrected chi connectivity index (χ4v) is 1.70. The third-order valence-corrected chi connectivity index (χ3v) is 2.62. The Morgan fingerprint density at radius 2 is 2.00 bits per heavy atom. The largest absolute Gasteiger partial charge is 0.392 e. The minimum absolute atomic E-state index is 0.160. The zero-order valence-corrected chi connectivity index (χ0v) is 11.4. The number of methoxy groups -OCH3 is 1. The molecule has 0 aliphatic rings. The summed E-state index contributed by atoms with van der Waals surface area (Å²) in [7, 11) is 1.52. The average molecular weight is 266 g/mol.